The highest BCUT2D eigenvalue weighted by molar-refractivity contribution is 5.75. The molecule has 0 radical (unpaired) electrons. The molecule has 0 aromatic heterocycles. The van der Waals surface area contributed by atoms with Gasteiger partial charge in [-0.2, -0.15) is 0 Å². The van der Waals surface area contributed by atoms with Gasteiger partial charge in [-0.3, -0.25) is 9.69 Å². The molecule has 1 aliphatic heterocycles. The van der Waals surface area contributed by atoms with Crippen molar-refractivity contribution in [2.75, 3.05) is 26.7 Å². The number of hydrogen-bond acceptors (Lipinski definition) is 3. The van der Waals surface area contributed by atoms with Crippen molar-refractivity contribution < 1.29 is 9.53 Å². The number of carbonyl (C=O) groups is 1. The van der Waals surface area contributed by atoms with Gasteiger partial charge in [0.1, 0.15) is 5.75 Å². The molecule has 2 rings (SSSR count). The Hall–Kier alpha value is -1.55. The molecule has 2 N–H and O–H groups in total. The first-order valence-electron chi connectivity index (χ1n) is 6.75. The number of aryl methyl sites for hydroxylation is 1. The number of rotatable bonds is 4. The van der Waals surface area contributed by atoms with E-state index in [1.165, 1.54) is 11.1 Å². The third kappa shape index (κ3) is 3.47. The van der Waals surface area contributed by atoms with Crippen molar-refractivity contribution in [1.29, 1.82) is 0 Å². The summed E-state index contributed by atoms with van der Waals surface area (Å²) in [5.74, 6) is 1.25. The molecule has 1 aromatic carbocycles. The first kappa shape index (κ1) is 13.9. The largest absolute Gasteiger partial charge is 0.497 e. The fraction of sp³-hybridized carbons (Fsp3) is 0.533. The predicted molar refractivity (Wildman–Crippen MR) is 75.3 cm³/mol. The van der Waals surface area contributed by atoms with E-state index < -0.39 is 0 Å². The zero-order valence-corrected chi connectivity index (χ0v) is 11.7. The van der Waals surface area contributed by atoms with E-state index in [1.54, 1.807) is 7.11 Å². The Kier molecular flexibility index (Phi) is 4.43. The molecule has 1 fully saturated rings. The highest BCUT2D eigenvalue weighted by Gasteiger charge is 2.22. The highest BCUT2D eigenvalue weighted by Crippen LogP contribution is 2.31. The minimum absolute atomic E-state index is 0.237. The van der Waals surface area contributed by atoms with E-state index in [2.05, 4.69) is 24.0 Å². The lowest BCUT2D eigenvalue weighted by molar-refractivity contribution is -0.119. The Bertz CT molecular complexity index is 451. The van der Waals surface area contributed by atoms with E-state index in [1.807, 2.05) is 6.07 Å². The quantitative estimate of drug-likeness (QED) is 0.898. The normalized spacial score (nSPS) is 17.4. The van der Waals surface area contributed by atoms with Crippen molar-refractivity contribution in [2.45, 2.75) is 25.7 Å². The molecule has 1 aromatic rings. The SMILES string of the molecule is COc1ccc(C2CCN(CC(N)=O)CC2)c(C)c1. The van der Waals surface area contributed by atoms with Crippen LogP contribution in [0.2, 0.25) is 0 Å². The molecule has 0 aliphatic carbocycles. The van der Waals surface area contributed by atoms with Gasteiger partial charge in [0.15, 0.2) is 0 Å². The number of benzene rings is 1. The molecule has 0 saturated carbocycles. The van der Waals surface area contributed by atoms with Gasteiger partial charge in [0.2, 0.25) is 5.91 Å². The maximum absolute atomic E-state index is 10.9. The Morgan fingerprint density at radius 2 is 2.11 bits per heavy atom. The van der Waals surface area contributed by atoms with Gasteiger partial charge in [-0.05, 0) is 62.0 Å². The molecule has 1 aliphatic rings. The maximum Gasteiger partial charge on any atom is 0.231 e. The van der Waals surface area contributed by atoms with Crippen LogP contribution in [0.4, 0.5) is 0 Å². The lowest BCUT2D eigenvalue weighted by Crippen LogP contribution is -2.39. The highest BCUT2D eigenvalue weighted by atomic mass is 16.5. The molecule has 0 atom stereocenters. The van der Waals surface area contributed by atoms with E-state index in [0.717, 1.165) is 31.7 Å². The van der Waals surface area contributed by atoms with Gasteiger partial charge in [0, 0.05) is 0 Å². The minimum atomic E-state index is -0.237. The molecule has 0 bridgehead atoms. The van der Waals surface area contributed by atoms with Crippen LogP contribution in [0, 0.1) is 6.92 Å². The molecule has 0 unspecified atom stereocenters. The topological polar surface area (TPSA) is 55.6 Å². The number of methoxy groups -OCH3 is 1. The molecule has 4 nitrogen and oxygen atoms in total. The number of likely N-dealkylation sites (tertiary alicyclic amines) is 1. The summed E-state index contributed by atoms with van der Waals surface area (Å²) >= 11 is 0. The van der Waals surface area contributed by atoms with E-state index in [4.69, 9.17) is 10.5 Å². The lowest BCUT2D eigenvalue weighted by Gasteiger charge is -2.32. The summed E-state index contributed by atoms with van der Waals surface area (Å²) in [5.41, 5.74) is 7.92. The molecule has 1 amide bonds. The minimum Gasteiger partial charge on any atom is -0.497 e. The summed E-state index contributed by atoms with van der Waals surface area (Å²) < 4.78 is 5.24. The Morgan fingerprint density at radius 3 is 2.63 bits per heavy atom. The van der Waals surface area contributed by atoms with Gasteiger partial charge in [-0.25, -0.2) is 0 Å². The van der Waals surface area contributed by atoms with Crippen LogP contribution >= 0.6 is 0 Å². The fourth-order valence-electron chi connectivity index (χ4n) is 2.86. The van der Waals surface area contributed by atoms with Crippen molar-refractivity contribution >= 4 is 5.91 Å². The molecular weight excluding hydrogens is 240 g/mol. The molecule has 19 heavy (non-hydrogen) atoms. The van der Waals surface area contributed by atoms with Gasteiger partial charge in [0.25, 0.3) is 0 Å². The second-order valence-corrected chi connectivity index (χ2v) is 5.24. The van der Waals surface area contributed by atoms with E-state index in [0.29, 0.717) is 12.5 Å². The first-order valence-corrected chi connectivity index (χ1v) is 6.75. The molecular formula is C15H22N2O2. The fourth-order valence-corrected chi connectivity index (χ4v) is 2.86. The number of ether oxygens (including phenoxy) is 1. The zero-order chi connectivity index (χ0) is 13.8. The van der Waals surface area contributed by atoms with E-state index >= 15 is 0 Å². The van der Waals surface area contributed by atoms with Crippen LogP contribution in [-0.2, 0) is 4.79 Å². The Morgan fingerprint density at radius 1 is 1.42 bits per heavy atom. The summed E-state index contributed by atoms with van der Waals surface area (Å²) in [6.45, 7) is 4.40. The van der Waals surface area contributed by atoms with Gasteiger partial charge >= 0.3 is 0 Å². The molecule has 4 heteroatoms. The summed E-state index contributed by atoms with van der Waals surface area (Å²) in [6.07, 6.45) is 2.17. The van der Waals surface area contributed by atoms with Crippen LogP contribution in [-0.4, -0.2) is 37.6 Å². The number of primary amides is 1. The number of nitrogens with zero attached hydrogens (tertiary/aromatic N) is 1. The lowest BCUT2D eigenvalue weighted by atomic mass is 9.87. The van der Waals surface area contributed by atoms with Gasteiger partial charge in [-0.1, -0.05) is 6.07 Å². The van der Waals surface area contributed by atoms with Crippen LogP contribution < -0.4 is 10.5 Å². The predicted octanol–water partition coefficient (Wildman–Crippen LogP) is 1.67. The van der Waals surface area contributed by atoms with Crippen LogP contribution in [0.3, 0.4) is 0 Å². The third-order valence-electron chi connectivity index (χ3n) is 3.88. The summed E-state index contributed by atoms with van der Waals surface area (Å²) in [5, 5.41) is 0. The number of carbonyl (C=O) groups excluding carboxylic acids is 1. The van der Waals surface area contributed by atoms with Crippen molar-refractivity contribution in [2.24, 2.45) is 5.73 Å². The number of amides is 1. The summed E-state index contributed by atoms with van der Waals surface area (Å²) in [4.78, 5) is 13.0. The smallest absolute Gasteiger partial charge is 0.231 e. The molecule has 1 saturated heterocycles. The second kappa shape index (κ2) is 6.06. The molecule has 1 heterocycles. The average Bonchev–Trinajstić information content (AvgIpc) is 2.39. The number of nitrogens with two attached hydrogens (primary N) is 1. The Labute approximate surface area is 114 Å². The summed E-state index contributed by atoms with van der Waals surface area (Å²) in [7, 11) is 1.69. The number of hydrogen-bond donors (Lipinski definition) is 1. The molecule has 0 spiro atoms. The zero-order valence-electron chi connectivity index (χ0n) is 11.7. The third-order valence-corrected chi connectivity index (χ3v) is 3.88. The van der Waals surface area contributed by atoms with E-state index in [-0.39, 0.29) is 5.91 Å². The van der Waals surface area contributed by atoms with Crippen molar-refractivity contribution in [3.05, 3.63) is 29.3 Å². The van der Waals surface area contributed by atoms with Crippen LogP contribution in [0.5, 0.6) is 5.75 Å². The average molecular weight is 262 g/mol. The maximum atomic E-state index is 10.9. The van der Waals surface area contributed by atoms with Crippen LogP contribution in [0.15, 0.2) is 18.2 Å². The van der Waals surface area contributed by atoms with Crippen molar-refractivity contribution in [3.63, 3.8) is 0 Å². The van der Waals surface area contributed by atoms with Crippen molar-refractivity contribution in [1.82, 2.24) is 4.90 Å². The van der Waals surface area contributed by atoms with E-state index in [9.17, 15) is 4.79 Å². The first-order chi connectivity index (χ1) is 9.10. The number of piperidine rings is 1. The van der Waals surface area contributed by atoms with Crippen LogP contribution in [0.25, 0.3) is 0 Å². The second-order valence-electron chi connectivity index (χ2n) is 5.24. The van der Waals surface area contributed by atoms with Gasteiger partial charge in [-0.15, -0.1) is 0 Å². The molecule has 104 valence electrons. The monoisotopic (exact) mass is 262 g/mol. The van der Waals surface area contributed by atoms with Gasteiger partial charge < -0.3 is 10.5 Å². The summed E-state index contributed by atoms with van der Waals surface area (Å²) in [6, 6.07) is 6.28. The Balaban J connectivity index is 1.99. The van der Waals surface area contributed by atoms with Crippen molar-refractivity contribution in [3.8, 4) is 5.75 Å². The standard InChI is InChI=1S/C15H22N2O2/c1-11-9-13(19-2)3-4-14(11)12-5-7-17(8-6-12)10-15(16)18/h3-4,9,12H,5-8,10H2,1-2H3,(H2,16,18). The van der Waals surface area contributed by atoms with Gasteiger partial charge in [0.05, 0.1) is 13.7 Å². The van der Waals surface area contributed by atoms with Crippen LogP contribution in [0.1, 0.15) is 29.9 Å².